The topological polar surface area (TPSA) is 36.9 Å². The van der Waals surface area contributed by atoms with Crippen LogP contribution < -0.4 is 0 Å². The minimum atomic E-state index is -0.637. The van der Waals surface area contributed by atoms with E-state index in [1.807, 2.05) is 19.9 Å². The first kappa shape index (κ1) is 19.3. The minimum Gasteiger partial charge on any atom is -0.368 e. The van der Waals surface area contributed by atoms with Crippen LogP contribution in [0.5, 0.6) is 0 Å². The predicted molar refractivity (Wildman–Crippen MR) is 103 cm³/mol. The molecule has 0 spiro atoms. The number of aryl methyl sites for hydroxylation is 1. The molecule has 0 radical (unpaired) electrons. The van der Waals surface area contributed by atoms with Gasteiger partial charge in [-0.3, -0.25) is 0 Å². The fourth-order valence-corrected chi connectivity index (χ4v) is 3.66. The molecule has 4 atom stereocenters. The van der Waals surface area contributed by atoms with Gasteiger partial charge in [-0.1, -0.05) is 49.9 Å². The lowest BCUT2D eigenvalue weighted by Gasteiger charge is -2.33. The molecule has 2 heterocycles. The summed E-state index contributed by atoms with van der Waals surface area (Å²) in [6, 6.07) is 6.37. The second-order valence-electron chi connectivity index (χ2n) is 7.77. The van der Waals surface area contributed by atoms with Gasteiger partial charge in [0.15, 0.2) is 12.1 Å². The Balaban J connectivity index is 1.72. The van der Waals surface area contributed by atoms with Crippen molar-refractivity contribution in [1.82, 2.24) is 0 Å². The number of fused-ring (bicyclic) bond motifs is 1. The Hall–Kier alpha value is -1.46. The second-order valence-corrected chi connectivity index (χ2v) is 7.77. The summed E-state index contributed by atoms with van der Waals surface area (Å²) in [5.41, 5.74) is 3.13. The molecule has 3 rings (SSSR count). The Labute approximate surface area is 156 Å². The van der Waals surface area contributed by atoms with Gasteiger partial charge < -0.3 is 18.9 Å². The Morgan fingerprint density at radius 3 is 2.62 bits per heavy atom. The highest BCUT2D eigenvalue weighted by molar-refractivity contribution is 5.55. The van der Waals surface area contributed by atoms with Gasteiger partial charge in [0.25, 0.3) is 0 Å². The zero-order chi connectivity index (χ0) is 18.9. The van der Waals surface area contributed by atoms with Gasteiger partial charge in [0.1, 0.15) is 12.2 Å². The van der Waals surface area contributed by atoms with Crippen LogP contribution in [0.2, 0.25) is 0 Å². The predicted octanol–water partition coefficient (Wildman–Crippen LogP) is 4.76. The van der Waals surface area contributed by atoms with Gasteiger partial charge >= 0.3 is 0 Å². The smallest absolute Gasteiger partial charge is 0.190 e. The molecule has 0 amide bonds. The second kappa shape index (κ2) is 7.28. The lowest BCUT2D eigenvalue weighted by molar-refractivity contribution is -0.241. The van der Waals surface area contributed by atoms with Crippen LogP contribution in [0.15, 0.2) is 36.9 Å². The number of allylic oxidation sites excluding steroid dienone is 2. The fraction of sp³-hybridized carbons (Fsp3) is 0.545. The SMILES string of the molecule is C=C/C=C\c1ccc(CO[C@H]2[C@H]3OC(C)(C)O[C@H]3O[C@@]2(C)CC)cc1C. The molecule has 1 aromatic carbocycles. The molecule has 0 saturated carbocycles. The summed E-state index contributed by atoms with van der Waals surface area (Å²) in [6.45, 7) is 14.3. The Morgan fingerprint density at radius 2 is 1.96 bits per heavy atom. The van der Waals surface area contributed by atoms with E-state index in [1.165, 1.54) is 11.1 Å². The van der Waals surface area contributed by atoms with Crippen LogP contribution in [0.25, 0.3) is 6.08 Å². The molecule has 0 unspecified atom stereocenters. The molecule has 0 aliphatic carbocycles. The van der Waals surface area contributed by atoms with Crippen LogP contribution in [0.1, 0.15) is 50.8 Å². The molecule has 2 fully saturated rings. The molecule has 142 valence electrons. The number of ether oxygens (including phenoxy) is 4. The van der Waals surface area contributed by atoms with Crippen molar-refractivity contribution in [1.29, 1.82) is 0 Å². The minimum absolute atomic E-state index is 0.167. The van der Waals surface area contributed by atoms with Crippen molar-refractivity contribution in [2.45, 2.75) is 77.5 Å². The highest BCUT2D eigenvalue weighted by Crippen LogP contribution is 2.45. The van der Waals surface area contributed by atoms with Crippen molar-refractivity contribution >= 4 is 6.08 Å². The number of rotatable bonds is 6. The van der Waals surface area contributed by atoms with Crippen LogP contribution in [0.4, 0.5) is 0 Å². The van der Waals surface area contributed by atoms with E-state index in [0.29, 0.717) is 6.61 Å². The van der Waals surface area contributed by atoms with Gasteiger partial charge in [0.2, 0.25) is 0 Å². The molecule has 2 saturated heterocycles. The maximum absolute atomic E-state index is 6.31. The van der Waals surface area contributed by atoms with Gasteiger partial charge in [0, 0.05) is 0 Å². The molecule has 2 aliphatic rings. The molecule has 1 aromatic rings. The maximum atomic E-state index is 6.31. The fourth-order valence-electron chi connectivity index (χ4n) is 3.66. The van der Waals surface area contributed by atoms with Crippen LogP contribution in [0, 0.1) is 6.92 Å². The third kappa shape index (κ3) is 3.79. The quantitative estimate of drug-likeness (QED) is 0.687. The highest BCUT2D eigenvalue weighted by atomic mass is 16.8. The van der Waals surface area contributed by atoms with E-state index in [2.05, 4.69) is 51.6 Å². The molecule has 2 aliphatic heterocycles. The average Bonchev–Trinajstić information content (AvgIpc) is 3.00. The van der Waals surface area contributed by atoms with Crippen molar-refractivity contribution in [2.24, 2.45) is 0 Å². The first-order valence-electron chi connectivity index (χ1n) is 9.32. The Kier molecular flexibility index (Phi) is 5.40. The standard InChI is InChI=1S/C22H30O4/c1-7-9-10-17-12-11-16(13-15(17)3)14-23-19-18-20(25-21(4,5)24-18)26-22(19,6)8-2/h7,9-13,18-20H,1,8,14H2,2-6H3/b10-9-/t18-,19+,20+,22+/m1/s1. The normalized spacial score (nSPS) is 32.9. The van der Waals surface area contributed by atoms with Crippen molar-refractivity contribution in [3.05, 3.63) is 53.6 Å². The summed E-state index contributed by atoms with van der Waals surface area (Å²) in [6.07, 6.45) is 5.88. The molecule has 0 aromatic heterocycles. The average molecular weight is 358 g/mol. The van der Waals surface area contributed by atoms with Crippen molar-refractivity contribution < 1.29 is 18.9 Å². The van der Waals surface area contributed by atoms with E-state index in [4.69, 9.17) is 18.9 Å². The van der Waals surface area contributed by atoms with Crippen molar-refractivity contribution in [2.75, 3.05) is 0 Å². The van der Waals surface area contributed by atoms with Crippen LogP contribution in [0.3, 0.4) is 0 Å². The van der Waals surface area contributed by atoms with Gasteiger partial charge in [-0.25, -0.2) is 0 Å². The lowest BCUT2D eigenvalue weighted by atomic mass is 9.94. The summed E-state index contributed by atoms with van der Waals surface area (Å²) in [4.78, 5) is 0. The first-order chi connectivity index (χ1) is 12.3. The monoisotopic (exact) mass is 358 g/mol. The highest BCUT2D eigenvalue weighted by Gasteiger charge is 2.59. The van der Waals surface area contributed by atoms with E-state index >= 15 is 0 Å². The van der Waals surface area contributed by atoms with E-state index in [-0.39, 0.29) is 18.5 Å². The first-order valence-corrected chi connectivity index (χ1v) is 9.32. The molecular formula is C22H30O4. The van der Waals surface area contributed by atoms with Crippen LogP contribution >= 0.6 is 0 Å². The van der Waals surface area contributed by atoms with E-state index in [9.17, 15) is 0 Å². The van der Waals surface area contributed by atoms with Crippen molar-refractivity contribution in [3.8, 4) is 0 Å². The van der Waals surface area contributed by atoms with Crippen molar-refractivity contribution in [3.63, 3.8) is 0 Å². The summed E-state index contributed by atoms with van der Waals surface area (Å²) in [5.74, 6) is -0.637. The molecule has 4 heteroatoms. The van der Waals surface area contributed by atoms with Gasteiger partial charge in [-0.05, 0) is 50.8 Å². The van der Waals surface area contributed by atoms with E-state index < -0.39 is 11.4 Å². The number of benzene rings is 1. The molecule has 0 bridgehead atoms. The summed E-state index contributed by atoms with van der Waals surface area (Å²) in [7, 11) is 0. The van der Waals surface area contributed by atoms with Crippen LogP contribution in [-0.2, 0) is 25.6 Å². The number of hydrogen-bond donors (Lipinski definition) is 0. The Morgan fingerprint density at radius 1 is 1.19 bits per heavy atom. The van der Waals surface area contributed by atoms with E-state index in [0.717, 1.165) is 12.0 Å². The summed E-state index contributed by atoms with van der Waals surface area (Å²) < 4.78 is 24.4. The third-order valence-corrected chi connectivity index (χ3v) is 5.25. The summed E-state index contributed by atoms with van der Waals surface area (Å²) in [5, 5.41) is 0. The maximum Gasteiger partial charge on any atom is 0.190 e. The zero-order valence-electron chi connectivity index (χ0n) is 16.5. The summed E-state index contributed by atoms with van der Waals surface area (Å²) >= 11 is 0. The largest absolute Gasteiger partial charge is 0.368 e. The molecule has 4 nitrogen and oxygen atoms in total. The van der Waals surface area contributed by atoms with E-state index in [1.54, 1.807) is 6.08 Å². The van der Waals surface area contributed by atoms with Gasteiger partial charge in [0.05, 0.1) is 12.2 Å². The number of hydrogen-bond acceptors (Lipinski definition) is 4. The van der Waals surface area contributed by atoms with Gasteiger partial charge in [-0.2, -0.15) is 0 Å². The molecule has 26 heavy (non-hydrogen) atoms. The van der Waals surface area contributed by atoms with Gasteiger partial charge in [-0.15, -0.1) is 0 Å². The third-order valence-electron chi connectivity index (χ3n) is 5.25. The van der Waals surface area contributed by atoms with Crippen LogP contribution in [-0.4, -0.2) is 29.9 Å². The lowest BCUT2D eigenvalue weighted by Crippen LogP contribution is -2.44. The molecular weight excluding hydrogens is 328 g/mol. The Bertz CT molecular complexity index is 693. The molecule has 0 N–H and O–H groups in total. The zero-order valence-corrected chi connectivity index (χ0v) is 16.5.